The normalized spacial score (nSPS) is 18.3. The van der Waals surface area contributed by atoms with E-state index in [4.69, 9.17) is 14.7 Å². The molecular weight excluding hydrogens is 408 g/mol. The molecular formula is C20H30N4O3S2. The number of anilines is 1. The van der Waals surface area contributed by atoms with Crippen molar-refractivity contribution in [2.24, 2.45) is 0 Å². The lowest BCUT2D eigenvalue weighted by molar-refractivity contribution is 0.178. The summed E-state index contributed by atoms with van der Waals surface area (Å²) in [6, 6.07) is 0. The number of sulfonamides is 1. The largest absolute Gasteiger partial charge is 0.377 e. The number of hydrogen-bond donors (Lipinski definition) is 0. The topological polar surface area (TPSA) is 75.6 Å². The van der Waals surface area contributed by atoms with Crippen LogP contribution in [0.15, 0.2) is 0 Å². The lowest BCUT2D eigenvalue weighted by atomic mass is 9.97. The maximum absolute atomic E-state index is 12.6. The third kappa shape index (κ3) is 4.28. The Kier molecular flexibility index (Phi) is 6.38. The fourth-order valence-corrected chi connectivity index (χ4v) is 7.14. The zero-order valence-electron chi connectivity index (χ0n) is 17.3. The van der Waals surface area contributed by atoms with Gasteiger partial charge in [0.2, 0.25) is 10.0 Å². The first kappa shape index (κ1) is 21.0. The molecule has 1 saturated heterocycles. The summed E-state index contributed by atoms with van der Waals surface area (Å²) in [4.78, 5) is 14.4. The lowest BCUT2D eigenvalue weighted by Gasteiger charge is -2.35. The molecule has 0 spiro atoms. The summed E-state index contributed by atoms with van der Waals surface area (Å²) >= 11 is 1.79. The van der Waals surface area contributed by atoms with Crippen molar-refractivity contribution in [1.82, 2.24) is 14.3 Å². The van der Waals surface area contributed by atoms with Gasteiger partial charge in [-0.3, -0.25) is 0 Å². The Morgan fingerprint density at radius 3 is 2.59 bits per heavy atom. The molecule has 0 radical (unpaired) electrons. The molecule has 160 valence electrons. The number of methoxy groups -OCH3 is 1. The summed E-state index contributed by atoms with van der Waals surface area (Å²) in [5.41, 5.74) is 1.41. The van der Waals surface area contributed by atoms with Crippen LogP contribution < -0.4 is 4.90 Å². The zero-order valence-corrected chi connectivity index (χ0v) is 18.9. The third-order valence-electron chi connectivity index (χ3n) is 5.80. The van der Waals surface area contributed by atoms with Gasteiger partial charge in [0.15, 0.2) is 5.82 Å². The van der Waals surface area contributed by atoms with Crippen LogP contribution in [0.1, 0.15) is 48.9 Å². The fourth-order valence-electron chi connectivity index (χ4n) is 4.24. The summed E-state index contributed by atoms with van der Waals surface area (Å²) in [5, 5.41) is 1.19. The van der Waals surface area contributed by atoms with Gasteiger partial charge in [-0.1, -0.05) is 13.3 Å². The summed E-state index contributed by atoms with van der Waals surface area (Å²) in [6.07, 6.45) is 6.27. The number of rotatable bonds is 7. The van der Waals surface area contributed by atoms with Gasteiger partial charge in [-0.05, 0) is 37.7 Å². The van der Waals surface area contributed by atoms with E-state index in [1.54, 1.807) is 22.8 Å². The van der Waals surface area contributed by atoms with Crippen LogP contribution in [-0.4, -0.2) is 61.7 Å². The van der Waals surface area contributed by atoms with Crippen molar-refractivity contribution in [2.75, 3.05) is 43.9 Å². The van der Waals surface area contributed by atoms with Crippen LogP contribution in [0.3, 0.4) is 0 Å². The number of thiophene rings is 1. The summed E-state index contributed by atoms with van der Waals surface area (Å²) in [7, 11) is -1.50. The number of ether oxygens (including phenoxy) is 1. The Hall–Kier alpha value is -1.29. The second-order valence-corrected chi connectivity index (χ2v) is 11.0. The average Bonchev–Trinajstić information content (AvgIpc) is 3.10. The maximum atomic E-state index is 12.6. The highest BCUT2D eigenvalue weighted by Gasteiger charge is 2.29. The number of aromatic nitrogens is 2. The van der Waals surface area contributed by atoms with Crippen LogP contribution in [0, 0.1) is 0 Å². The van der Waals surface area contributed by atoms with Gasteiger partial charge in [-0.25, -0.2) is 18.4 Å². The number of aryl methyl sites for hydroxylation is 2. The molecule has 0 saturated carbocycles. The molecule has 0 N–H and O–H groups in total. The minimum atomic E-state index is -3.16. The number of hydrogen-bond acceptors (Lipinski definition) is 7. The van der Waals surface area contributed by atoms with Crippen molar-refractivity contribution >= 4 is 37.4 Å². The third-order valence-corrected chi connectivity index (χ3v) is 8.94. The van der Waals surface area contributed by atoms with Crippen LogP contribution in [0.4, 0.5) is 5.82 Å². The molecule has 2 aliphatic rings. The molecule has 2 aromatic heterocycles. The van der Waals surface area contributed by atoms with Gasteiger partial charge in [-0.15, -0.1) is 11.3 Å². The van der Waals surface area contributed by atoms with Crippen LogP contribution in [-0.2, 0) is 34.2 Å². The van der Waals surface area contributed by atoms with E-state index < -0.39 is 10.0 Å². The predicted octanol–water partition coefficient (Wildman–Crippen LogP) is 2.97. The quantitative estimate of drug-likeness (QED) is 0.662. The molecule has 29 heavy (non-hydrogen) atoms. The predicted molar refractivity (Wildman–Crippen MR) is 117 cm³/mol. The first-order chi connectivity index (χ1) is 14.0. The lowest BCUT2D eigenvalue weighted by Crippen LogP contribution is -2.49. The summed E-state index contributed by atoms with van der Waals surface area (Å²) in [5.74, 6) is 1.91. The molecule has 1 aliphatic heterocycles. The van der Waals surface area contributed by atoms with Crippen molar-refractivity contribution < 1.29 is 13.2 Å². The average molecular weight is 439 g/mol. The highest BCUT2D eigenvalue weighted by atomic mass is 32.2. The molecule has 1 fully saturated rings. The molecule has 4 rings (SSSR count). The van der Waals surface area contributed by atoms with E-state index in [1.165, 1.54) is 28.7 Å². The Bertz CT molecular complexity index is 966. The van der Waals surface area contributed by atoms with Crippen molar-refractivity contribution in [2.45, 2.75) is 52.1 Å². The van der Waals surface area contributed by atoms with Gasteiger partial charge in [0.05, 0.1) is 11.1 Å². The van der Waals surface area contributed by atoms with Crippen molar-refractivity contribution in [3.8, 4) is 0 Å². The SMILES string of the molecule is CCCCS(=O)(=O)N1CCN(c2nc(COC)nc3sc4c(c23)CCCC4)CC1. The summed E-state index contributed by atoms with van der Waals surface area (Å²) in [6.45, 7) is 4.76. The molecule has 7 nitrogen and oxygen atoms in total. The van der Waals surface area contributed by atoms with Crippen LogP contribution in [0.25, 0.3) is 10.2 Å². The van der Waals surface area contributed by atoms with Crippen molar-refractivity contribution in [1.29, 1.82) is 0 Å². The number of piperazine rings is 1. The van der Waals surface area contributed by atoms with Crippen molar-refractivity contribution in [3.63, 3.8) is 0 Å². The molecule has 0 amide bonds. The Labute approximate surface area is 177 Å². The van der Waals surface area contributed by atoms with Crippen LogP contribution in [0.2, 0.25) is 0 Å². The van der Waals surface area contributed by atoms with Gasteiger partial charge in [0.25, 0.3) is 0 Å². The molecule has 3 heterocycles. The van der Waals surface area contributed by atoms with Crippen LogP contribution in [0.5, 0.6) is 0 Å². The Balaban J connectivity index is 1.63. The molecule has 1 aliphatic carbocycles. The molecule has 0 aromatic carbocycles. The first-order valence-corrected chi connectivity index (χ1v) is 13.0. The smallest absolute Gasteiger partial charge is 0.214 e. The van der Waals surface area contributed by atoms with E-state index in [9.17, 15) is 8.42 Å². The van der Waals surface area contributed by atoms with E-state index >= 15 is 0 Å². The fraction of sp³-hybridized carbons (Fsp3) is 0.700. The van der Waals surface area contributed by atoms with Gasteiger partial charge < -0.3 is 9.64 Å². The van der Waals surface area contributed by atoms with Crippen molar-refractivity contribution in [3.05, 3.63) is 16.3 Å². The second kappa shape index (κ2) is 8.83. The molecule has 0 atom stereocenters. The van der Waals surface area contributed by atoms with E-state index in [-0.39, 0.29) is 5.75 Å². The van der Waals surface area contributed by atoms with Gasteiger partial charge in [-0.2, -0.15) is 4.31 Å². The van der Waals surface area contributed by atoms with Crippen LogP contribution >= 0.6 is 11.3 Å². The van der Waals surface area contributed by atoms with E-state index in [1.807, 2.05) is 6.92 Å². The van der Waals surface area contributed by atoms with Gasteiger partial charge in [0, 0.05) is 38.2 Å². The minimum Gasteiger partial charge on any atom is -0.377 e. The van der Waals surface area contributed by atoms with E-state index in [0.29, 0.717) is 38.6 Å². The van der Waals surface area contributed by atoms with Gasteiger partial charge >= 0.3 is 0 Å². The highest BCUT2D eigenvalue weighted by Crippen LogP contribution is 2.40. The first-order valence-electron chi connectivity index (χ1n) is 10.6. The number of unbranched alkanes of at least 4 members (excludes halogenated alkanes) is 1. The number of fused-ring (bicyclic) bond motifs is 3. The molecule has 0 unspecified atom stereocenters. The van der Waals surface area contributed by atoms with E-state index in [0.717, 1.165) is 36.3 Å². The zero-order chi connectivity index (χ0) is 20.4. The molecule has 0 bridgehead atoms. The van der Waals surface area contributed by atoms with Gasteiger partial charge in [0.1, 0.15) is 17.3 Å². The second-order valence-electron chi connectivity index (χ2n) is 7.84. The highest BCUT2D eigenvalue weighted by molar-refractivity contribution is 7.89. The standard InChI is InChI=1S/C20H30N4O3S2/c1-3-4-13-29(25,26)24-11-9-23(10-12-24)19-18-15-7-5-6-8-16(15)28-20(18)22-17(21-19)14-27-2/h3-14H2,1-2H3. The maximum Gasteiger partial charge on any atom is 0.214 e. The molecule has 9 heteroatoms. The Morgan fingerprint density at radius 1 is 1.10 bits per heavy atom. The monoisotopic (exact) mass is 438 g/mol. The van der Waals surface area contributed by atoms with E-state index in [2.05, 4.69) is 4.90 Å². The molecule has 2 aromatic rings. The Morgan fingerprint density at radius 2 is 1.86 bits per heavy atom. The number of nitrogens with zero attached hydrogens (tertiary/aromatic N) is 4. The summed E-state index contributed by atoms with van der Waals surface area (Å²) < 4.78 is 32.1. The minimum absolute atomic E-state index is 0.247.